The van der Waals surface area contributed by atoms with Crippen molar-refractivity contribution in [1.82, 2.24) is 13.9 Å². The average Bonchev–Trinajstić information content (AvgIpc) is 3.42. The summed E-state index contributed by atoms with van der Waals surface area (Å²) in [7, 11) is 0. The van der Waals surface area contributed by atoms with Crippen LogP contribution < -0.4 is 11.4 Å². The number of hydrogen-bond acceptors (Lipinski definition) is 3. The molecule has 4 aliphatic carbocycles. The van der Waals surface area contributed by atoms with Gasteiger partial charge in [0, 0.05) is 10.8 Å². The molecular weight excluding hydrogens is 346 g/mol. The first-order valence-corrected chi connectivity index (χ1v) is 11.0. The van der Waals surface area contributed by atoms with Crippen molar-refractivity contribution in [2.24, 2.45) is 34.5 Å². The first kappa shape index (κ1) is 13.5. The predicted octanol–water partition coefficient (Wildman–Crippen LogP) is 1.92. The maximum absolute atomic E-state index is 13.4. The number of thioether (sulfide) groups is 1. The second kappa shape index (κ2) is 3.66. The lowest BCUT2D eigenvalue weighted by Gasteiger charge is -2.47. The van der Waals surface area contributed by atoms with E-state index in [9.17, 15) is 9.59 Å². The summed E-state index contributed by atoms with van der Waals surface area (Å²) in [5, 5.41) is 0. The zero-order valence-electron chi connectivity index (χ0n) is 14.2. The molecule has 4 heterocycles. The van der Waals surface area contributed by atoms with E-state index in [1.807, 2.05) is 39.7 Å². The van der Waals surface area contributed by atoms with Crippen LogP contribution in [0.15, 0.2) is 39.9 Å². The van der Waals surface area contributed by atoms with Crippen molar-refractivity contribution in [2.45, 2.75) is 24.9 Å². The maximum Gasteiger partial charge on any atom is 0.352 e. The van der Waals surface area contributed by atoms with Crippen LogP contribution in [0.1, 0.15) is 24.9 Å². The van der Waals surface area contributed by atoms with Gasteiger partial charge in [0.1, 0.15) is 0 Å². The van der Waals surface area contributed by atoms with Crippen LogP contribution in [0, 0.1) is 34.5 Å². The van der Waals surface area contributed by atoms with Crippen LogP contribution >= 0.6 is 11.8 Å². The Kier molecular flexibility index (Phi) is 1.90. The fraction of sp³-hybridized carbons (Fsp3) is 0.600. The highest BCUT2D eigenvalue weighted by atomic mass is 32.2. The van der Waals surface area contributed by atoms with Gasteiger partial charge in [0.2, 0.25) is 0 Å². The van der Waals surface area contributed by atoms with E-state index in [4.69, 9.17) is 0 Å². The Balaban J connectivity index is 1.45. The minimum Gasteiger partial charge on any atom is -0.245 e. The largest absolute Gasteiger partial charge is 0.352 e. The van der Waals surface area contributed by atoms with Crippen LogP contribution in [-0.4, -0.2) is 25.4 Å². The average molecular weight is 365 g/mol. The summed E-state index contributed by atoms with van der Waals surface area (Å²) in [6.45, 7) is 0. The number of benzene rings is 1. The van der Waals surface area contributed by atoms with E-state index in [1.165, 1.54) is 28.9 Å². The minimum atomic E-state index is -0.104. The van der Waals surface area contributed by atoms with Crippen molar-refractivity contribution in [1.29, 1.82) is 0 Å². The van der Waals surface area contributed by atoms with E-state index in [-0.39, 0.29) is 23.5 Å². The lowest BCUT2D eigenvalue weighted by Crippen LogP contribution is -2.52. The van der Waals surface area contributed by atoms with E-state index in [1.54, 1.807) is 0 Å². The molecule has 0 amide bonds. The van der Waals surface area contributed by atoms with Crippen LogP contribution in [0.5, 0.6) is 0 Å². The maximum atomic E-state index is 13.4. The van der Waals surface area contributed by atoms with Gasteiger partial charge >= 0.3 is 11.4 Å². The fourth-order valence-corrected chi connectivity index (χ4v) is 10.0. The monoisotopic (exact) mass is 365 g/mol. The summed E-state index contributed by atoms with van der Waals surface area (Å²) in [6.07, 6.45) is 2.50. The highest BCUT2D eigenvalue weighted by molar-refractivity contribution is 7.99. The number of nitrogens with zero attached hydrogens (tertiary/aromatic N) is 3. The highest BCUT2D eigenvalue weighted by Crippen LogP contribution is 3.04. The molecule has 1 aromatic carbocycles. The van der Waals surface area contributed by atoms with Crippen molar-refractivity contribution in [2.75, 3.05) is 11.5 Å². The summed E-state index contributed by atoms with van der Waals surface area (Å²) in [4.78, 5) is 26.8. The zero-order valence-corrected chi connectivity index (χ0v) is 15.1. The van der Waals surface area contributed by atoms with Crippen LogP contribution in [0.2, 0.25) is 0 Å². The summed E-state index contributed by atoms with van der Waals surface area (Å²) < 4.78 is 5.29. The van der Waals surface area contributed by atoms with Gasteiger partial charge in [-0.05, 0) is 60.2 Å². The van der Waals surface area contributed by atoms with Gasteiger partial charge < -0.3 is 0 Å². The second-order valence-corrected chi connectivity index (χ2v) is 10.4. The Hall–Kier alpha value is -1.69. The van der Waals surface area contributed by atoms with Gasteiger partial charge in [-0.1, -0.05) is 18.2 Å². The molecule has 2 spiro atoms. The van der Waals surface area contributed by atoms with Gasteiger partial charge in [-0.15, -0.1) is 0 Å². The lowest BCUT2D eigenvalue weighted by molar-refractivity contribution is -0.00192. The third-order valence-corrected chi connectivity index (χ3v) is 10.1. The molecule has 2 aromatic rings. The Morgan fingerprint density at radius 3 is 2.00 bits per heavy atom. The molecule has 0 N–H and O–H groups in total. The third-order valence-electron chi connectivity index (χ3n) is 9.12. The Morgan fingerprint density at radius 2 is 1.42 bits per heavy atom. The molecule has 7 aliphatic rings. The van der Waals surface area contributed by atoms with Gasteiger partial charge in [-0.3, -0.25) is 0 Å². The normalized spacial score (nSPS) is 50.2. The molecular formula is C20H19N3O2S. The summed E-state index contributed by atoms with van der Waals surface area (Å²) in [5.41, 5.74) is 1.17. The van der Waals surface area contributed by atoms with E-state index >= 15 is 0 Å². The molecule has 2 unspecified atom stereocenters. The Labute approximate surface area is 154 Å². The summed E-state index contributed by atoms with van der Waals surface area (Å²) in [6, 6.07) is 10.0. The molecule has 26 heavy (non-hydrogen) atoms. The summed E-state index contributed by atoms with van der Waals surface area (Å²) in [5.74, 6) is 5.42. The molecule has 1 saturated heterocycles. The fourth-order valence-electron chi connectivity index (χ4n) is 8.84. The number of rotatable bonds is 1. The molecule has 5 fully saturated rings. The zero-order chi connectivity index (χ0) is 17.0. The molecule has 8 atom stereocenters. The molecule has 132 valence electrons. The van der Waals surface area contributed by atoms with Gasteiger partial charge in [-0.25, -0.2) is 23.5 Å². The van der Waals surface area contributed by atoms with Crippen molar-refractivity contribution >= 4 is 11.8 Å². The van der Waals surface area contributed by atoms with Gasteiger partial charge in [0.15, 0.2) is 0 Å². The second-order valence-electron chi connectivity index (χ2n) is 9.22. The van der Waals surface area contributed by atoms with E-state index in [0.717, 1.165) is 11.8 Å². The first-order chi connectivity index (χ1) is 12.7. The lowest BCUT2D eigenvalue weighted by atomic mass is 9.69. The van der Waals surface area contributed by atoms with Crippen LogP contribution in [-0.2, 0) is 0 Å². The Bertz CT molecular complexity index is 1070. The molecule has 0 radical (unpaired) electrons. The van der Waals surface area contributed by atoms with Crippen molar-refractivity contribution in [3.63, 3.8) is 0 Å². The molecule has 1 aromatic heterocycles. The topological polar surface area (TPSA) is 48.9 Å². The van der Waals surface area contributed by atoms with Crippen molar-refractivity contribution in [3.05, 3.63) is 51.3 Å². The predicted molar refractivity (Wildman–Crippen MR) is 97.7 cm³/mol. The summed E-state index contributed by atoms with van der Waals surface area (Å²) >= 11 is 2.08. The molecule has 9 rings (SSSR count). The molecule has 5 nitrogen and oxygen atoms in total. The molecule has 2 bridgehead atoms. The van der Waals surface area contributed by atoms with Crippen LogP contribution in [0.4, 0.5) is 0 Å². The van der Waals surface area contributed by atoms with Crippen LogP contribution in [0.25, 0.3) is 5.69 Å². The van der Waals surface area contributed by atoms with Gasteiger partial charge in [0.05, 0.1) is 17.8 Å². The quantitative estimate of drug-likeness (QED) is 0.776. The van der Waals surface area contributed by atoms with E-state index < -0.39 is 0 Å². The van der Waals surface area contributed by atoms with E-state index in [0.29, 0.717) is 28.4 Å². The first-order valence-electron chi connectivity index (χ1n) is 9.84. The van der Waals surface area contributed by atoms with E-state index in [2.05, 4.69) is 11.8 Å². The minimum absolute atomic E-state index is 0.104. The van der Waals surface area contributed by atoms with Crippen molar-refractivity contribution in [3.8, 4) is 5.69 Å². The standard InChI is InChI=1S/C20H19N3O2S/c24-17-21(10-4-2-1-3-5-10)18(25)23-16-13-11-12(13)15(22(17)23)19-6-8-26-9-7-20(16,19)14(11)19/h1-5,11-16H,6-9H2/t11?,12-,13+,14?,15+,16-,19+,20-. The number of para-hydroxylation sites is 1. The smallest absolute Gasteiger partial charge is 0.245 e. The number of aromatic nitrogens is 3. The van der Waals surface area contributed by atoms with Crippen LogP contribution in [0.3, 0.4) is 0 Å². The molecule has 3 aliphatic heterocycles. The SMILES string of the molecule is O=c1n(-c2ccccc2)c(=O)n2n1[C@H]1[C@@H]3C4C5[C@@]16CCSCC[C@]56[C@H]2[C@@H]43. The Morgan fingerprint density at radius 1 is 0.846 bits per heavy atom. The number of hydrogen-bond donors (Lipinski definition) is 0. The third kappa shape index (κ3) is 0.987. The highest BCUT2D eigenvalue weighted by Gasteiger charge is 3.02. The molecule has 6 heteroatoms. The van der Waals surface area contributed by atoms with Gasteiger partial charge in [0.25, 0.3) is 0 Å². The van der Waals surface area contributed by atoms with Crippen molar-refractivity contribution < 1.29 is 0 Å². The van der Waals surface area contributed by atoms with Gasteiger partial charge in [-0.2, -0.15) is 11.8 Å². The molecule has 4 saturated carbocycles.